The molecule has 0 aliphatic carbocycles. The summed E-state index contributed by atoms with van der Waals surface area (Å²) in [7, 11) is 0. The highest BCUT2D eigenvalue weighted by Gasteiger charge is 2.21. The summed E-state index contributed by atoms with van der Waals surface area (Å²) in [5, 5.41) is 9.59. The van der Waals surface area contributed by atoms with Crippen LogP contribution in [0.5, 0.6) is 0 Å². The maximum absolute atomic E-state index is 5.16. The number of para-hydroxylation sites is 4. The van der Waals surface area contributed by atoms with Gasteiger partial charge in [-0.05, 0) is 165 Å². The third kappa shape index (κ3) is 10.0. The zero-order valence-corrected chi connectivity index (χ0v) is 54.5. The minimum absolute atomic E-state index is 0.955. The Bertz CT molecular complexity index is 6300. The van der Waals surface area contributed by atoms with E-state index in [2.05, 4.69) is 382 Å². The van der Waals surface area contributed by atoms with Gasteiger partial charge in [-0.25, -0.2) is 9.97 Å². The van der Waals surface area contributed by atoms with Crippen LogP contribution in [0.1, 0.15) is 0 Å². The molecule has 6 heteroatoms. The highest BCUT2D eigenvalue weighted by atomic mass is 15.1. The Kier molecular flexibility index (Phi) is 14.1. The van der Waals surface area contributed by atoms with Gasteiger partial charge in [-0.3, -0.25) is 9.13 Å². The number of fused-ring (bicyclic) bond motifs is 12. The molecule has 0 aliphatic rings. The Morgan fingerprint density at radius 2 is 0.410 bits per heavy atom. The van der Waals surface area contributed by atoms with Crippen LogP contribution in [0.3, 0.4) is 0 Å². The van der Waals surface area contributed by atoms with Crippen LogP contribution in [-0.4, -0.2) is 28.2 Å². The first-order valence-electron chi connectivity index (χ1n) is 34.1. The third-order valence-electron chi connectivity index (χ3n) is 19.9. The average molecular weight is 1280 g/mol. The van der Waals surface area contributed by atoms with Gasteiger partial charge in [0.25, 0.3) is 0 Å². The molecule has 6 aromatic heterocycles. The number of rotatable bonds is 10. The van der Waals surface area contributed by atoms with Crippen LogP contribution in [-0.2, 0) is 0 Å². The summed E-state index contributed by atoms with van der Waals surface area (Å²) in [6.07, 6.45) is 4.06. The lowest BCUT2D eigenvalue weighted by Crippen LogP contribution is -1.96. The monoisotopic (exact) mass is 1270 g/mol. The molecule has 100 heavy (non-hydrogen) atoms. The highest BCUT2D eigenvalue weighted by Crippen LogP contribution is 2.42. The van der Waals surface area contributed by atoms with Crippen LogP contribution in [0.4, 0.5) is 0 Å². The molecular weight excluding hydrogens is 1210 g/mol. The van der Waals surface area contributed by atoms with Crippen LogP contribution in [0.25, 0.3) is 177 Å². The second-order valence-electron chi connectivity index (χ2n) is 25.7. The van der Waals surface area contributed by atoms with Gasteiger partial charge in [-0.15, -0.1) is 0 Å². The van der Waals surface area contributed by atoms with Gasteiger partial charge in [0.2, 0.25) is 0 Å². The summed E-state index contributed by atoms with van der Waals surface area (Å²) in [6, 6.07) is 130. The quantitative estimate of drug-likeness (QED) is 0.137. The molecule has 0 saturated heterocycles. The van der Waals surface area contributed by atoms with Crippen molar-refractivity contribution in [2.24, 2.45) is 0 Å². The van der Waals surface area contributed by atoms with Crippen molar-refractivity contribution in [3.63, 3.8) is 0 Å². The summed E-state index contributed by atoms with van der Waals surface area (Å²) in [4.78, 5) is 10.3. The first-order chi connectivity index (χ1) is 49.6. The third-order valence-corrected chi connectivity index (χ3v) is 19.9. The van der Waals surface area contributed by atoms with Gasteiger partial charge in [0.1, 0.15) is 11.3 Å². The largest absolute Gasteiger partial charge is 0.309 e. The lowest BCUT2D eigenvalue weighted by Gasteiger charge is -2.11. The Hall–Kier alpha value is -13.4. The van der Waals surface area contributed by atoms with Crippen LogP contribution in [0.2, 0.25) is 0 Å². The maximum Gasteiger partial charge on any atom is 0.145 e. The van der Waals surface area contributed by atoms with E-state index in [4.69, 9.17) is 9.97 Å². The summed E-state index contributed by atoms with van der Waals surface area (Å²) in [5.74, 6) is 0. The number of hydrogen-bond acceptors (Lipinski definition) is 2. The molecule has 0 amide bonds. The van der Waals surface area contributed by atoms with Gasteiger partial charge >= 0.3 is 0 Å². The number of nitrogens with zero attached hydrogens (tertiary/aromatic N) is 6. The Morgan fingerprint density at radius 3 is 0.800 bits per heavy atom. The summed E-state index contributed by atoms with van der Waals surface area (Å²) >= 11 is 0. The number of benzene rings is 14. The molecule has 0 saturated carbocycles. The molecule has 20 aromatic rings. The van der Waals surface area contributed by atoms with E-state index in [9.17, 15) is 0 Å². The summed E-state index contributed by atoms with van der Waals surface area (Å²) in [6.45, 7) is 0. The minimum Gasteiger partial charge on any atom is -0.309 e. The van der Waals surface area contributed by atoms with E-state index in [-0.39, 0.29) is 0 Å². The topological polar surface area (TPSA) is 45.5 Å². The molecule has 0 N–H and O–H groups in total. The fourth-order valence-corrected chi connectivity index (χ4v) is 15.2. The van der Waals surface area contributed by atoms with Crippen molar-refractivity contribution < 1.29 is 0 Å². The number of aromatic nitrogens is 6. The van der Waals surface area contributed by atoms with Crippen molar-refractivity contribution in [1.82, 2.24) is 28.2 Å². The standard InChI is InChI=1S/2C47H31N3/c1-3-13-32(14-4-1)34-17-11-19-38(27-34)49-44-23-9-7-21-40(44)42-29-36(25-26-46(42)49)37-30-43-41-22-8-10-24-45(41)50(47(43)48-31-37)39-20-12-18-35(28-39)33-15-5-2-6-16-33;1-3-12-32(13-4-1)34-22-25-38(26-23-34)50-45-21-10-8-19-41(45)43-30-37(31-48-47(43)50)36-24-27-46-42(29-36)40-18-7-9-20-44(40)49(46)39-17-11-16-35(28-39)33-14-5-2-6-15-33/h2*1-31H. The SMILES string of the molecule is c1ccc(-c2ccc(-n3c4ccccc4c4cc(-c5ccc6c(c5)c5ccccc5n6-c5cccc(-c6ccccc6)c5)cnc43)cc2)cc1.c1ccc(-c2cccc(-n3c4ccccc4c4cc(-c5cnc6c(c5)c5ccccc5n6-c5cccc(-c6ccccc6)c5)ccc43)c2)cc1. The van der Waals surface area contributed by atoms with Crippen molar-refractivity contribution in [3.05, 3.63) is 376 Å². The van der Waals surface area contributed by atoms with E-state index in [0.717, 1.165) is 78.1 Å². The second-order valence-corrected chi connectivity index (χ2v) is 25.7. The van der Waals surface area contributed by atoms with Gasteiger partial charge in [0, 0.05) is 89.4 Å². The minimum atomic E-state index is 0.955. The van der Waals surface area contributed by atoms with E-state index in [0.29, 0.717) is 0 Å². The molecule has 0 unspecified atom stereocenters. The van der Waals surface area contributed by atoms with Gasteiger partial charge in [-0.1, -0.05) is 255 Å². The predicted octanol–water partition coefficient (Wildman–Crippen LogP) is 24.6. The zero-order chi connectivity index (χ0) is 66.0. The Labute approximate surface area is 578 Å². The van der Waals surface area contributed by atoms with Gasteiger partial charge in [-0.2, -0.15) is 0 Å². The van der Waals surface area contributed by atoms with E-state index in [1.54, 1.807) is 0 Å². The lowest BCUT2D eigenvalue weighted by atomic mass is 10.0. The summed E-state index contributed by atoms with van der Waals surface area (Å²) in [5.41, 5.74) is 27.6. The van der Waals surface area contributed by atoms with Crippen molar-refractivity contribution in [3.8, 4) is 89.5 Å². The zero-order valence-electron chi connectivity index (χ0n) is 54.5. The van der Waals surface area contributed by atoms with Crippen molar-refractivity contribution in [2.75, 3.05) is 0 Å². The second kappa shape index (κ2) is 24.3. The highest BCUT2D eigenvalue weighted by molar-refractivity contribution is 6.14. The molecule has 0 radical (unpaired) electrons. The molecule has 20 rings (SSSR count). The maximum atomic E-state index is 5.16. The predicted molar refractivity (Wildman–Crippen MR) is 418 cm³/mol. The number of hydrogen-bond donors (Lipinski definition) is 0. The normalized spacial score (nSPS) is 11.6. The van der Waals surface area contributed by atoms with E-state index in [1.165, 1.54) is 98.9 Å². The van der Waals surface area contributed by atoms with E-state index >= 15 is 0 Å². The molecular formula is C94H62N6. The van der Waals surface area contributed by atoms with E-state index in [1.807, 2.05) is 12.4 Å². The Morgan fingerprint density at radius 1 is 0.150 bits per heavy atom. The first-order valence-corrected chi connectivity index (χ1v) is 34.1. The molecule has 6 heterocycles. The molecule has 0 bridgehead atoms. The fourth-order valence-electron chi connectivity index (χ4n) is 15.2. The molecule has 0 atom stereocenters. The van der Waals surface area contributed by atoms with Gasteiger partial charge < -0.3 is 9.13 Å². The Balaban J connectivity index is 0.000000139. The first kappa shape index (κ1) is 58.0. The summed E-state index contributed by atoms with van der Waals surface area (Å²) < 4.78 is 9.35. The average Bonchev–Trinajstić information content (AvgIpc) is 1.60. The molecule has 0 spiro atoms. The molecule has 14 aromatic carbocycles. The molecule has 468 valence electrons. The molecule has 0 aliphatic heterocycles. The fraction of sp³-hybridized carbons (Fsp3) is 0. The smallest absolute Gasteiger partial charge is 0.145 e. The van der Waals surface area contributed by atoms with Gasteiger partial charge in [0.05, 0.1) is 33.1 Å². The van der Waals surface area contributed by atoms with Crippen LogP contribution >= 0.6 is 0 Å². The number of pyridine rings is 2. The van der Waals surface area contributed by atoms with Crippen LogP contribution < -0.4 is 0 Å². The lowest BCUT2D eigenvalue weighted by molar-refractivity contribution is 1.14. The molecule has 6 nitrogen and oxygen atoms in total. The molecule has 0 fully saturated rings. The van der Waals surface area contributed by atoms with Crippen molar-refractivity contribution in [2.45, 2.75) is 0 Å². The van der Waals surface area contributed by atoms with Crippen molar-refractivity contribution in [1.29, 1.82) is 0 Å². The van der Waals surface area contributed by atoms with Crippen LogP contribution in [0.15, 0.2) is 376 Å². The van der Waals surface area contributed by atoms with Crippen LogP contribution in [0, 0.1) is 0 Å². The van der Waals surface area contributed by atoms with Gasteiger partial charge in [0.15, 0.2) is 0 Å². The van der Waals surface area contributed by atoms with Crippen molar-refractivity contribution >= 4 is 87.5 Å². The van der Waals surface area contributed by atoms with E-state index < -0.39 is 0 Å².